The maximum atomic E-state index is 11.8. The second-order valence-corrected chi connectivity index (χ2v) is 5.00. The summed E-state index contributed by atoms with van der Waals surface area (Å²) < 4.78 is 0. The van der Waals surface area contributed by atoms with Gasteiger partial charge in [0.2, 0.25) is 5.91 Å². The number of para-hydroxylation sites is 1. The molecule has 1 fully saturated rings. The average molecular weight is 261 g/mol. The predicted octanol–water partition coefficient (Wildman–Crippen LogP) is 1.70. The number of anilines is 1. The summed E-state index contributed by atoms with van der Waals surface area (Å²) in [6.45, 7) is 5.82. The van der Waals surface area contributed by atoms with Gasteiger partial charge in [-0.3, -0.25) is 4.79 Å². The quantitative estimate of drug-likeness (QED) is 0.848. The Morgan fingerprint density at radius 2 is 1.95 bits per heavy atom. The molecule has 4 nitrogen and oxygen atoms in total. The van der Waals surface area contributed by atoms with Crippen LogP contribution in [0.1, 0.15) is 19.8 Å². The molecule has 0 aromatic heterocycles. The largest absolute Gasteiger partial charge is 0.376 e. The molecule has 0 radical (unpaired) electrons. The minimum absolute atomic E-state index is 0.0822. The van der Waals surface area contributed by atoms with E-state index in [4.69, 9.17) is 0 Å². The monoisotopic (exact) mass is 261 g/mol. The first-order chi connectivity index (χ1) is 9.28. The van der Waals surface area contributed by atoms with Crippen molar-refractivity contribution in [3.63, 3.8) is 0 Å². The zero-order chi connectivity index (χ0) is 13.5. The summed E-state index contributed by atoms with van der Waals surface area (Å²) in [5, 5.41) is 6.24. The number of piperidine rings is 1. The minimum Gasteiger partial charge on any atom is -0.376 e. The van der Waals surface area contributed by atoms with Gasteiger partial charge in [0.05, 0.1) is 6.54 Å². The molecule has 104 valence electrons. The SMILES string of the molecule is CCN1CCC(NC(=O)CNc2ccccc2)CC1. The third kappa shape index (κ3) is 4.56. The summed E-state index contributed by atoms with van der Waals surface area (Å²) in [5.41, 5.74) is 0.985. The summed E-state index contributed by atoms with van der Waals surface area (Å²) in [7, 11) is 0. The molecule has 4 heteroatoms. The maximum absolute atomic E-state index is 11.8. The molecule has 0 unspecified atom stereocenters. The second kappa shape index (κ2) is 7.14. The van der Waals surface area contributed by atoms with Crippen molar-refractivity contribution in [2.45, 2.75) is 25.8 Å². The highest BCUT2D eigenvalue weighted by Gasteiger charge is 2.19. The molecule has 2 N–H and O–H groups in total. The van der Waals surface area contributed by atoms with Crippen molar-refractivity contribution in [1.82, 2.24) is 10.2 Å². The zero-order valence-electron chi connectivity index (χ0n) is 11.6. The summed E-state index contributed by atoms with van der Waals surface area (Å²) in [6.07, 6.45) is 2.12. The number of rotatable bonds is 5. The first kappa shape index (κ1) is 13.9. The van der Waals surface area contributed by atoms with Gasteiger partial charge in [-0.1, -0.05) is 25.1 Å². The van der Waals surface area contributed by atoms with Crippen LogP contribution in [0.15, 0.2) is 30.3 Å². The van der Waals surface area contributed by atoms with Crippen molar-refractivity contribution in [3.8, 4) is 0 Å². The molecule has 1 aliphatic heterocycles. The highest BCUT2D eigenvalue weighted by molar-refractivity contribution is 5.80. The van der Waals surface area contributed by atoms with Gasteiger partial charge in [0.15, 0.2) is 0 Å². The van der Waals surface area contributed by atoms with Crippen LogP contribution < -0.4 is 10.6 Å². The van der Waals surface area contributed by atoms with E-state index in [2.05, 4.69) is 22.5 Å². The van der Waals surface area contributed by atoms with Crippen LogP contribution >= 0.6 is 0 Å². The summed E-state index contributed by atoms with van der Waals surface area (Å²) in [4.78, 5) is 14.3. The summed E-state index contributed by atoms with van der Waals surface area (Å²) >= 11 is 0. The number of hydrogen-bond acceptors (Lipinski definition) is 3. The van der Waals surface area contributed by atoms with E-state index in [0.29, 0.717) is 12.6 Å². The fraction of sp³-hybridized carbons (Fsp3) is 0.533. The Bertz CT molecular complexity index is 386. The van der Waals surface area contributed by atoms with Gasteiger partial charge in [0.25, 0.3) is 0 Å². The maximum Gasteiger partial charge on any atom is 0.239 e. The molecule has 1 aromatic carbocycles. The molecule has 0 aliphatic carbocycles. The van der Waals surface area contributed by atoms with Crippen LogP contribution in [0.2, 0.25) is 0 Å². The predicted molar refractivity (Wildman–Crippen MR) is 78.2 cm³/mol. The van der Waals surface area contributed by atoms with E-state index in [1.165, 1.54) is 0 Å². The van der Waals surface area contributed by atoms with E-state index in [-0.39, 0.29) is 5.91 Å². The normalized spacial score (nSPS) is 17.1. The third-order valence-electron chi connectivity index (χ3n) is 3.63. The van der Waals surface area contributed by atoms with E-state index < -0.39 is 0 Å². The van der Waals surface area contributed by atoms with Crippen LogP contribution in [0.5, 0.6) is 0 Å². The van der Waals surface area contributed by atoms with Crippen LogP contribution in [0, 0.1) is 0 Å². The van der Waals surface area contributed by atoms with Gasteiger partial charge in [-0.2, -0.15) is 0 Å². The van der Waals surface area contributed by atoms with Gasteiger partial charge in [0.1, 0.15) is 0 Å². The van der Waals surface area contributed by atoms with Crippen molar-refractivity contribution in [3.05, 3.63) is 30.3 Å². The molecule has 0 spiro atoms. The van der Waals surface area contributed by atoms with Crippen molar-refractivity contribution >= 4 is 11.6 Å². The number of likely N-dealkylation sites (tertiary alicyclic amines) is 1. The van der Waals surface area contributed by atoms with Crippen molar-refractivity contribution in [2.75, 3.05) is 31.5 Å². The number of amides is 1. The van der Waals surface area contributed by atoms with Gasteiger partial charge >= 0.3 is 0 Å². The molecule has 0 saturated carbocycles. The molecule has 1 heterocycles. The van der Waals surface area contributed by atoms with Crippen LogP contribution in [-0.4, -0.2) is 43.0 Å². The molecular weight excluding hydrogens is 238 g/mol. The topological polar surface area (TPSA) is 44.4 Å². The Hall–Kier alpha value is -1.55. The van der Waals surface area contributed by atoms with Gasteiger partial charge < -0.3 is 15.5 Å². The van der Waals surface area contributed by atoms with Crippen molar-refractivity contribution in [2.24, 2.45) is 0 Å². The van der Waals surface area contributed by atoms with Gasteiger partial charge in [-0.05, 0) is 31.5 Å². The Morgan fingerprint density at radius 1 is 1.26 bits per heavy atom. The highest BCUT2D eigenvalue weighted by atomic mass is 16.1. The van der Waals surface area contributed by atoms with Gasteiger partial charge in [0, 0.05) is 24.8 Å². The minimum atomic E-state index is 0.0822. The van der Waals surface area contributed by atoms with Crippen LogP contribution in [0.4, 0.5) is 5.69 Å². The molecule has 0 atom stereocenters. The van der Waals surface area contributed by atoms with E-state index >= 15 is 0 Å². The standard InChI is InChI=1S/C15H23N3O/c1-2-18-10-8-14(9-11-18)17-15(19)12-16-13-6-4-3-5-7-13/h3-7,14,16H,2,8-12H2,1H3,(H,17,19). The highest BCUT2D eigenvalue weighted by Crippen LogP contribution is 2.09. The molecule has 0 bridgehead atoms. The molecule has 1 aromatic rings. The number of carbonyl (C=O) groups is 1. The number of hydrogen-bond donors (Lipinski definition) is 2. The Balaban J connectivity index is 1.67. The lowest BCUT2D eigenvalue weighted by Crippen LogP contribution is -2.45. The van der Waals surface area contributed by atoms with E-state index in [0.717, 1.165) is 38.2 Å². The Kier molecular flexibility index (Phi) is 5.21. The first-order valence-corrected chi connectivity index (χ1v) is 7.08. The zero-order valence-corrected chi connectivity index (χ0v) is 11.6. The van der Waals surface area contributed by atoms with E-state index in [9.17, 15) is 4.79 Å². The average Bonchev–Trinajstić information content (AvgIpc) is 2.47. The Labute approximate surface area is 115 Å². The molecule has 2 rings (SSSR count). The molecule has 1 amide bonds. The summed E-state index contributed by atoms with van der Waals surface area (Å²) in [5.74, 6) is 0.0822. The van der Waals surface area contributed by atoms with Crippen molar-refractivity contribution in [1.29, 1.82) is 0 Å². The van der Waals surface area contributed by atoms with Crippen molar-refractivity contribution < 1.29 is 4.79 Å². The van der Waals surface area contributed by atoms with E-state index in [1.54, 1.807) is 0 Å². The number of benzene rings is 1. The Morgan fingerprint density at radius 3 is 2.58 bits per heavy atom. The number of nitrogens with one attached hydrogen (secondary N) is 2. The van der Waals surface area contributed by atoms with Gasteiger partial charge in [-0.25, -0.2) is 0 Å². The lowest BCUT2D eigenvalue weighted by atomic mass is 10.1. The first-order valence-electron chi connectivity index (χ1n) is 7.08. The molecule has 19 heavy (non-hydrogen) atoms. The fourth-order valence-corrected chi connectivity index (χ4v) is 2.41. The van der Waals surface area contributed by atoms with Crippen LogP contribution in [0.25, 0.3) is 0 Å². The summed E-state index contributed by atoms with van der Waals surface area (Å²) in [6, 6.07) is 10.2. The third-order valence-corrected chi connectivity index (χ3v) is 3.63. The van der Waals surface area contributed by atoms with Crippen LogP contribution in [-0.2, 0) is 4.79 Å². The lowest BCUT2D eigenvalue weighted by molar-refractivity contribution is -0.120. The lowest BCUT2D eigenvalue weighted by Gasteiger charge is -2.31. The van der Waals surface area contributed by atoms with Crippen LogP contribution in [0.3, 0.4) is 0 Å². The fourth-order valence-electron chi connectivity index (χ4n) is 2.41. The smallest absolute Gasteiger partial charge is 0.239 e. The number of carbonyl (C=O) groups excluding carboxylic acids is 1. The molecule has 1 aliphatic rings. The molecule has 1 saturated heterocycles. The van der Waals surface area contributed by atoms with E-state index in [1.807, 2.05) is 30.3 Å². The number of nitrogens with zero attached hydrogens (tertiary/aromatic N) is 1. The second-order valence-electron chi connectivity index (χ2n) is 5.00. The molecular formula is C15H23N3O. The van der Waals surface area contributed by atoms with Gasteiger partial charge in [-0.15, -0.1) is 0 Å².